The van der Waals surface area contributed by atoms with Gasteiger partial charge in [0.25, 0.3) is 0 Å². The van der Waals surface area contributed by atoms with Gasteiger partial charge in [0, 0.05) is 43.9 Å². The summed E-state index contributed by atoms with van der Waals surface area (Å²) >= 11 is 0. The average molecular weight is 311 g/mol. The molecule has 0 saturated heterocycles. The molecule has 5 heteroatoms. The van der Waals surface area contributed by atoms with Gasteiger partial charge in [0.05, 0.1) is 6.61 Å². The first-order chi connectivity index (χ1) is 10.5. The van der Waals surface area contributed by atoms with Gasteiger partial charge in [-0.15, -0.1) is 0 Å². The fourth-order valence-corrected chi connectivity index (χ4v) is 2.56. The van der Waals surface area contributed by atoms with Crippen molar-refractivity contribution in [2.75, 3.05) is 33.4 Å². The van der Waals surface area contributed by atoms with Gasteiger partial charge in [0.2, 0.25) is 0 Å². The molecule has 122 valence electrons. The van der Waals surface area contributed by atoms with Gasteiger partial charge in [-0.05, 0) is 25.8 Å². The van der Waals surface area contributed by atoms with Crippen LogP contribution in [0.1, 0.15) is 25.8 Å². The minimum absolute atomic E-state index is 0.0718. The normalized spacial score (nSPS) is 16.0. The molecule has 0 spiro atoms. The monoisotopic (exact) mass is 311 g/mol. The van der Waals surface area contributed by atoms with Gasteiger partial charge in [-0.25, -0.2) is 8.78 Å². The summed E-state index contributed by atoms with van der Waals surface area (Å²) < 4.78 is 38.6. The van der Waals surface area contributed by atoms with Gasteiger partial charge in [-0.3, -0.25) is 4.90 Å². The Morgan fingerprint density at radius 1 is 1.18 bits per heavy atom. The summed E-state index contributed by atoms with van der Waals surface area (Å²) in [6.45, 7) is 6.41. The first kappa shape index (κ1) is 16.9. The van der Waals surface area contributed by atoms with E-state index in [0.29, 0.717) is 19.1 Å². The smallest absolute Gasteiger partial charge is 0.137 e. The molecule has 0 aromatic heterocycles. The number of rotatable bonds is 6. The van der Waals surface area contributed by atoms with E-state index in [1.165, 1.54) is 12.1 Å². The van der Waals surface area contributed by atoms with Crippen LogP contribution < -0.4 is 4.74 Å². The number of halogens is 2. The first-order valence-electron chi connectivity index (χ1n) is 7.57. The number of hydrogen-bond acceptors (Lipinski definition) is 3. The molecule has 2 rings (SSSR count). The molecule has 0 saturated carbocycles. The Balaban J connectivity index is 2.15. The molecule has 0 aliphatic carbocycles. The molecule has 0 bridgehead atoms. The molecule has 3 nitrogen and oxygen atoms in total. The van der Waals surface area contributed by atoms with Crippen LogP contribution in [0.15, 0.2) is 18.2 Å². The number of methoxy groups -OCH3 is 1. The topological polar surface area (TPSA) is 21.7 Å². The van der Waals surface area contributed by atoms with Crippen LogP contribution >= 0.6 is 0 Å². The molecule has 1 aromatic carbocycles. The highest BCUT2D eigenvalue weighted by Crippen LogP contribution is 2.30. The van der Waals surface area contributed by atoms with Crippen molar-refractivity contribution in [3.63, 3.8) is 0 Å². The van der Waals surface area contributed by atoms with E-state index in [4.69, 9.17) is 9.47 Å². The van der Waals surface area contributed by atoms with Crippen LogP contribution in [0.4, 0.5) is 8.78 Å². The van der Waals surface area contributed by atoms with Gasteiger partial charge < -0.3 is 9.47 Å². The second-order valence-electron chi connectivity index (χ2n) is 5.67. The van der Waals surface area contributed by atoms with Crippen LogP contribution in [-0.4, -0.2) is 44.4 Å². The van der Waals surface area contributed by atoms with Gasteiger partial charge >= 0.3 is 0 Å². The van der Waals surface area contributed by atoms with E-state index in [-0.39, 0.29) is 17.9 Å². The van der Waals surface area contributed by atoms with E-state index in [9.17, 15) is 8.78 Å². The maximum Gasteiger partial charge on any atom is 0.137 e. The Morgan fingerprint density at radius 2 is 1.86 bits per heavy atom. The molecule has 0 atom stereocenters. The Bertz CT molecular complexity index is 520. The lowest BCUT2D eigenvalue weighted by molar-refractivity contribution is 0.146. The summed E-state index contributed by atoms with van der Waals surface area (Å²) in [5.41, 5.74) is 0.804. The standard InChI is InChI=1S/C17H23F2NO2/c1-12(2)20-6-4-13(5-7-20)17-15(18)10-14(11-16(17)19)22-9-8-21-3/h4,10-12H,5-9H2,1-3H3. The molecular formula is C17H23F2NO2. The third kappa shape index (κ3) is 4.05. The fraction of sp³-hybridized carbons (Fsp3) is 0.529. The molecule has 22 heavy (non-hydrogen) atoms. The minimum Gasteiger partial charge on any atom is -0.491 e. The summed E-state index contributed by atoms with van der Waals surface area (Å²) in [5, 5.41) is 0. The van der Waals surface area contributed by atoms with E-state index >= 15 is 0 Å². The predicted molar refractivity (Wildman–Crippen MR) is 83.0 cm³/mol. The molecule has 1 aromatic rings. The average Bonchev–Trinajstić information content (AvgIpc) is 2.47. The molecule has 0 unspecified atom stereocenters. The SMILES string of the molecule is COCCOc1cc(F)c(C2=CCN(C(C)C)CC2)c(F)c1. The lowest BCUT2D eigenvalue weighted by Crippen LogP contribution is -2.34. The highest BCUT2D eigenvalue weighted by atomic mass is 19.1. The van der Waals surface area contributed by atoms with Crippen molar-refractivity contribution in [2.24, 2.45) is 0 Å². The van der Waals surface area contributed by atoms with E-state index in [1.54, 1.807) is 7.11 Å². The third-order valence-corrected chi connectivity index (χ3v) is 3.86. The number of benzene rings is 1. The van der Waals surface area contributed by atoms with Crippen molar-refractivity contribution in [3.05, 3.63) is 35.4 Å². The predicted octanol–water partition coefficient (Wildman–Crippen LogP) is 3.49. The van der Waals surface area contributed by atoms with Crippen molar-refractivity contribution in [1.82, 2.24) is 4.90 Å². The second kappa shape index (κ2) is 7.70. The number of nitrogens with zero attached hydrogens (tertiary/aromatic N) is 1. The zero-order chi connectivity index (χ0) is 16.1. The number of ether oxygens (including phenoxy) is 2. The second-order valence-corrected chi connectivity index (χ2v) is 5.67. The van der Waals surface area contributed by atoms with Gasteiger partial charge in [-0.2, -0.15) is 0 Å². The van der Waals surface area contributed by atoms with Crippen LogP contribution in [0.3, 0.4) is 0 Å². The Morgan fingerprint density at radius 3 is 2.36 bits per heavy atom. The maximum atomic E-state index is 14.3. The summed E-state index contributed by atoms with van der Waals surface area (Å²) in [6.07, 6.45) is 2.56. The Hall–Kier alpha value is -1.46. The van der Waals surface area contributed by atoms with Crippen LogP contribution in [0, 0.1) is 11.6 Å². The van der Waals surface area contributed by atoms with E-state index < -0.39 is 11.6 Å². The zero-order valence-electron chi connectivity index (χ0n) is 13.4. The molecule has 1 heterocycles. The molecule has 1 aliphatic rings. The molecule has 0 fully saturated rings. The van der Waals surface area contributed by atoms with Crippen LogP contribution in [-0.2, 0) is 4.74 Å². The summed E-state index contributed by atoms with van der Waals surface area (Å²) in [6, 6.07) is 2.91. The summed E-state index contributed by atoms with van der Waals surface area (Å²) in [5.74, 6) is -0.954. The fourth-order valence-electron chi connectivity index (χ4n) is 2.56. The highest BCUT2D eigenvalue weighted by Gasteiger charge is 2.21. The lowest BCUT2D eigenvalue weighted by atomic mass is 9.97. The maximum absolute atomic E-state index is 14.3. The minimum atomic E-state index is -0.573. The molecule has 0 radical (unpaired) electrons. The van der Waals surface area contributed by atoms with Gasteiger partial charge in [0.15, 0.2) is 0 Å². The zero-order valence-corrected chi connectivity index (χ0v) is 13.4. The lowest BCUT2D eigenvalue weighted by Gasteiger charge is -2.30. The summed E-state index contributed by atoms with van der Waals surface area (Å²) in [7, 11) is 1.55. The van der Waals surface area contributed by atoms with Crippen LogP contribution in [0.5, 0.6) is 5.75 Å². The van der Waals surface area contributed by atoms with Crippen molar-refractivity contribution in [3.8, 4) is 5.75 Å². The Kier molecular flexibility index (Phi) is 5.91. The first-order valence-corrected chi connectivity index (χ1v) is 7.57. The van der Waals surface area contributed by atoms with Crippen LogP contribution in [0.2, 0.25) is 0 Å². The van der Waals surface area contributed by atoms with E-state index in [2.05, 4.69) is 18.7 Å². The molecule has 0 amide bonds. The van der Waals surface area contributed by atoms with Gasteiger partial charge in [0.1, 0.15) is 24.0 Å². The molecular weight excluding hydrogens is 288 g/mol. The van der Waals surface area contributed by atoms with Crippen molar-refractivity contribution < 1.29 is 18.3 Å². The van der Waals surface area contributed by atoms with E-state index in [0.717, 1.165) is 18.7 Å². The third-order valence-electron chi connectivity index (χ3n) is 3.86. The van der Waals surface area contributed by atoms with Crippen LogP contribution in [0.25, 0.3) is 5.57 Å². The summed E-state index contributed by atoms with van der Waals surface area (Å²) in [4.78, 5) is 2.27. The molecule has 1 aliphatic heterocycles. The molecule has 0 N–H and O–H groups in total. The van der Waals surface area contributed by atoms with E-state index in [1.807, 2.05) is 6.08 Å². The van der Waals surface area contributed by atoms with Gasteiger partial charge in [-0.1, -0.05) is 6.08 Å². The quantitative estimate of drug-likeness (QED) is 0.751. The van der Waals surface area contributed by atoms with Crippen molar-refractivity contribution in [2.45, 2.75) is 26.3 Å². The largest absolute Gasteiger partial charge is 0.491 e. The number of hydrogen-bond donors (Lipinski definition) is 0. The van der Waals surface area contributed by atoms with Crippen molar-refractivity contribution >= 4 is 5.57 Å². The Labute approximate surface area is 130 Å². The highest BCUT2D eigenvalue weighted by molar-refractivity contribution is 5.68. The van der Waals surface area contributed by atoms with Crippen molar-refractivity contribution in [1.29, 1.82) is 0 Å².